The van der Waals surface area contributed by atoms with E-state index >= 15 is 0 Å². The van der Waals surface area contributed by atoms with E-state index in [1.165, 1.54) is 0 Å². The molecule has 2 aromatic carbocycles. The van der Waals surface area contributed by atoms with Crippen LogP contribution in [0.5, 0.6) is 5.75 Å². The number of halogens is 1. The van der Waals surface area contributed by atoms with Crippen molar-refractivity contribution >= 4 is 40.4 Å². The zero-order valence-corrected chi connectivity index (χ0v) is 17.8. The summed E-state index contributed by atoms with van der Waals surface area (Å²) in [7, 11) is 4.02. The van der Waals surface area contributed by atoms with Gasteiger partial charge in [-0.2, -0.15) is 5.10 Å². The van der Waals surface area contributed by atoms with Crippen LogP contribution >= 0.6 is 22.6 Å². The molecule has 6 nitrogen and oxygen atoms in total. The molecule has 0 aliphatic rings. The maximum absolute atomic E-state index is 11.9. The van der Waals surface area contributed by atoms with Crippen molar-refractivity contribution in [3.05, 3.63) is 76.1 Å². The van der Waals surface area contributed by atoms with E-state index in [9.17, 15) is 4.79 Å². The number of ether oxygens (including phenoxy) is 1. The van der Waals surface area contributed by atoms with Gasteiger partial charge in [-0.15, -0.1) is 0 Å². The number of para-hydroxylation sites is 1. The number of rotatable bonds is 7. The van der Waals surface area contributed by atoms with Crippen LogP contribution < -0.4 is 15.1 Å². The average molecular weight is 488 g/mol. The summed E-state index contributed by atoms with van der Waals surface area (Å²) in [6, 6.07) is 19.6. The normalized spacial score (nSPS) is 10.8. The third kappa shape index (κ3) is 5.13. The molecule has 0 aliphatic carbocycles. The van der Waals surface area contributed by atoms with Gasteiger partial charge < -0.3 is 14.2 Å². The van der Waals surface area contributed by atoms with Gasteiger partial charge in [0.25, 0.3) is 5.91 Å². The molecule has 1 amide bonds. The fourth-order valence-electron chi connectivity index (χ4n) is 2.55. The van der Waals surface area contributed by atoms with Crippen molar-refractivity contribution in [1.29, 1.82) is 0 Å². The number of aromatic nitrogens is 1. The molecule has 28 heavy (non-hydrogen) atoms. The zero-order chi connectivity index (χ0) is 19.9. The summed E-state index contributed by atoms with van der Waals surface area (Å²) >= 11 is 2.17. The van der Waals surface area contributed by atoms with Crippen LogP contribution in [0.1, 0.15) is 5.69 Å². The fourth-order valence-corrected chi connectivity index (χ4v) is 3.10. The molecule has 0 saturated carbocycles. The number of nitrogens with one attached hydrogen (secondary N) is 1. The van der Waals surface area contributed by atoms with Gasteiger partial charge in [0, 0.05) is 31.7 Å². The molecule has 0 unspecified atom stereocenters. The molecule has 1 aromatic heterocycles. The van der Waals surface area contributed by atoms with E-state index in [2.05, 4.69) is 50.2 Å². The molecule has 0 fully saturated rings. The molecule has 0 saturated heterocycles. The maximum Gasteiger partial charge on any atom is 0.277 e. The number of amides is 1. The second kappa shape index (κ2) is 9.41. The zero-order valence-electron chi connectivity index (χ0n) is 15.7. The largest absolute Gasteiger partial charge is 0.483 e. The molecule has 0 bridgehead atoms. The van der Waals surface area contributed by atoms with Gasteiger partial charge in [0.2, 0.25) is 0 Å². The van der Waals surface area contributed by atoms with E-state index in [0.29, 0.717) is 5.75 Å². The first kappa shape index (κ1) is 19.9. The van der Waals surface area contributed by atoms with Gasteiger partial charge >= 0.3 is 0 Å². The van der Waals surface area contributed by atoms with E-state index in [1.54, 1.807) is 6.21 Å². The summed E-state index contributed by atoms with van der Waals surface area (Å²) < 4.78 is 8.46. The first-order valence-electron chi connectivity index (χ1n) is 8.69. The van der Waals surface area contributed by atoms with Gasteiger partial charge in [-0.05, 0) is 71.1 Å². The number of hydrogen-bond acceptors (Lipinski definition) is 4. The minimum absolute atomic E-state index is 0.0929. The molecular weight excluding hydrogens is 467 g/mol. The minimum Gasteiger partial charge on any atom is -0.483 e. The molecule has 3 aromatic rings. The third-order valence-electron chi connectivity index (χ3n) is 4.01. The van der Waals surface area contributed by atoms with Crippen molar-refractivity contribution in [2.45, 2.75) is 0 Å². The predicted molar refractivity (Wildman–Crippen MR) is 120 cm³/mol. The number of anilines is 1. The Labute approximate surface area is 178 Å². The van der Waals surface area contributed by atoms with E-state index < -0.39 is 0 Å². The number of carbonyl (C=O) groups excluding carboxylic acids is 1. The summed E-state index contributed by atoms with van der Waals surface area (Å²) in [6.45, 7) is -0.0929. The highest BCUT2D eigenvalue weighted by Gasteiger charge is 2.05. The van der Waals surface area contributed by atoms with Crippen LogP contribution in [0.25, 0.3) is 5.69 Å². The van der Waals surface area contributed by atoms with Crippen LogP contribution in [-0.2, 0) is 4.79 Å². The number of carbonyl (C=O) groups is 1. The summed E-state index contributed by atoms with van der Waals surface area (Å²) in [5.74, 6) is 0.363. The monoisotopic (exact) mass is 488 g/mol. The van der Waals surface area contributed by atoms with Crippen molar-refractivity contribution < 1.29 is 9.53 Å². The van der Waals surface area contributed by atoms with Gasteiger partial charge in [0.15, 0.2) is 6.61 Å². The first-order chi connectivity index (χ1) is 13.5. The fraction of sp³-hybridized carbons (Fsp3) is 0.143. The molecule has 0 radical (unpaired) electrons. The summed E-state index contributed by atoms with van der Waals surface area (Å²) in [5.41, 5.74) is 5.50. The summed E-state index contributed by atoms with van der Waals surface area (Å²) in [6.07, 6.45) is 3.57. The van der Waals surface area contributed by atoms with Crippen LogP contribution in [0.2, 0.25) is 0 Å². The highest BCUT2D eigenvalue weighted by molar-refractivity contribution is 14.1. The lowest BCUT2D eigenvalue weighted by Gasteiger charge is -2.13. The Hall–Kier alpha value is -2.81. The lowest BCUT2D eigenvalue weighted by molar-refractivity contribution is -0.123. The van der Waals surface area contributed by atoms with Crippen molar-refractivity contribution in [3.8, 4) is 11.4 Å². The molecule has 3 rings (SSSR count). The van der Waals surface area contributed by atoms with Gasteiger partial charge in [-0.3, -0.25) is 4.79 Å². The molecule has 0 spiro atoms. The Bertz CT molecular complexity index is 965. The lowest BCUT2D eigenvalue weighted by Crippen LogP contribution is -2.24. The van der Waals surface area contributed by atoms with Gasteiger partial charge in [-0.25, -0.2) is 5.43 Å². The Morgan fingerprint density at radius 2 is 1.89 bits per heavy atom. The predicted octanol–water partition coefficient (Wildman–Crippen LogP) is 3.68. The molecular formula is C21H21IN4O2. The van der Waals surface area contributed by atoms with Crippen molar-refractivity contribution in [2.75, 3.05) is 25.6 Å². The Morgan fingerprint density at radius 3 is 2.61 bits per heavy atom. The van der Waals surface area contributed by atoms with Gasteiger partial charge in [0.05, 0.1) is 15.5 Å². The average Bonchev–Trinajstić information content (AvgIpc) is 3.16. The summed E-state index contributed by atoms with van der Waals surface area (Å²) in [4.78, 5) is 14.0. The third-order valence-corrected chi connectivity index (χ3v) is 4.90. The van der Waals surface area contributed by atoms with Crippen LogP contribution in [0, 0.1) is 3.57 Å². The molecule has 1 N–H and O–H groups in total. The minimum atomic E-state index is -0.315. The highest BCUT2D eigenvalue weighted by atomic mass is 127. The lowest BCUT2D eigenvalue weighted by atomic mass is 10.2. The first-order valence-corrected chi connectivity index (χ1v) is 9.77. The molecule has 0 atom stereocenters. The number of nitrogens with zero attached hydrogens (tertiary/aromatic N) is 3. The van der Waals surface area contributed by atoms with Crippen LogP contribution in [-0.4, -0.2) is 37.4 Å². The van der Waals surface area contributed by atoms with Crippen molar-refractivity contribution in [3.63, 3.8) is 0 Å². The smallest absolute Gasteiger partial charge is 0.277 e. The quantitative estimate of drug-likeness (QED) is 0.314. The standard InChI is InChI=1S/C21H21IN4O2/c1-25(2)16-9-11-17(12-10-16)26-13-5-6-18(26)14-23-24-21(27)15-28-20-8-4-3-7-19(20)22/h3-14H,15H2,1-2H3,(H,24,27)/b23-14+. The SMILES string of the molecule is CN(C)c1ccc(-n2cccc2/C=N/NC(=O)COc2ccccc2I)cc1. The molecule has 7 heteroatoms. The molecule has 144 valence electrons. The van der Waals surface area contributed by atoms with Gasteiger partial charge in [-0.1, -0.05) is 12.1 Å². The van der Waals surface area contributed by atoms with Crippen molar-refractivity contribution in [2.24, 2.45) is 5.10 Å². The molecule has 0 aliphatic heterocycles. The van der Waals surface area contributed by atoms with E-state index in [-0.39, 0.29) is 12.5 Å². The van der Waals surface area contributed by atoms with Crippen LogP contribution in [0.15, 0.2) is 72.0 Å². The number of hydrogen-bond donors (Lipinski definition) is 1. The van der Waals surface area contributed by atoms with E-state index in [1.807, 2.05) is 73.4 Å². The van der Waals surface area contributed by atoms with E-state index in [0.717, 1.165) is 20.6 Å². The van der Waals surface area contributed by atoms with E-state index in [4.69, 9.17) is 4.74 Å². The Morgan fingerprint density at radius 1 is 1.14 bits per heavy atom. The van der Waals surface area contributed by atoms with Crippen molar-refractivity contribution in [1.82, 2.24) is 9.99 Å². The number of hydrazone groups is 1. The summed E-state index contributed by atoms with van der Waals surface area (Å²) in [5, 5.41) is 4.04. The van der Waals surface area contributed by atoms with Crippen LogP contribution in [0.3, 0.4) is 0 Å². The second-order valence-corrected chi connectivity index (χ2v) is 7.39. The Balaban J connectivity index is 1.58. The van der Waals surface area contributed by atoms with Crippen LogP contribution in [0.4, 0.5) is 5.69 Å². The number of benzene rings is 2. The Kier molecular flexibility index (Phi) is 6.70. The molecule has 1 heterocycles. The highest BCUT2D eigenvalue weighted by Crippen LogP contribution is 2.19. The second-order valence-electron chi connectivity index (χ2n) is 6.23. The maximum atomic E-state index is 11.9. The topological polar surface area (TPSA) is 58.9 Å². The van der Waals surface area contributed by atoms with Gasteiger partial charge in [0.1, 0.15) is 5.75 Å².